The van der Waals surface area contributed by atoms with Gasteiger partial charge >= 0.3 is 0 Å². The molecule has 0 saturated heterocycles. The third-order valence-electron chi connectivity index (χ3n) is 8.84. The fourth-order valence-corrected chi connectivity index (χ4v) is 7.84. The standard InChI is InChI=1S/C41H28N2S/c1-3-11-27(12-4-1)29-19-21-30(22-20-29)36-23-31(28-13-5-2-6-14-28)24-41(42-36)43-37-17-9-7-15-32(37)34-25-35-33-16-8-10-18-39(33)44-40(35)26-38(34)43/h1-26,41-42H. The average Bonchev–Trinajstić information content (AvgIpc) is 3.62. The summed E-state index contributed by atoms with van der Waals surface area (Å²) in [4.78, 5) is 0. The monoisotopic (exact) mass is 580 g/mol. The summed E-state index contributed by atoms with van der Waals surface area (Å²) in [6.07, 6.45) is 4.59. The molecule has 1 N–H and O–H groups in total. The third kappa shape index (κ3) is 4.09. The number of rotatable bonds is 4. The van der Waals surface area contributed by atoms with E-state index in [9.17, 15) is 0 Å². The van der Waals surface area contributed by atoms with E-state index in [2.05, 4.69) is 168 Å². The molecule has 0 saturated carbocycles. The molecule has 0 amide bonds. The molecule has 2 aromatic heterocycles. The Labute approximate surface area is 259 Å². The van der Waals surface area contributed by atoms with Gasteiger partial charge in [-0.15, -0.1) is 11.3 Å². The Kier molecular flexibility index (Phi) is 5.78. The normalized spacial score (nSPS) is 15.0. The Morgan fingerprint density at radius 3 is 1.91 bits per heavy atom. The van der Waals surface area contributed by atoms with Crippen LogP contribution in [0.25, 0.3) is 64.4 Å². The van der Waals surface area contributed by atoms with Gasteiger partial charge in [-0.1, -0.05) is 121 Å². The topological polar surface area (TPSA) is 17.0 Å². The van der Waals surface area contributed by atoms with Crippen LogP contribution in [0.4, 0.5) is 0 Å². The molecular formula is C41H28N2S. The number of para-hydroxylation sites is 1. The van der Waals surface area contributed by atoms with Crippen LogP contribution in [0.1, 0.15) is 17.3 Å². The van der Waals surface area contributed by atoms with Crippen LogP contribution in [0, 0.1) is 0 Å². The van der Waals surface area contributed by atoms with Gasteiger partial charge in [-0.2, -0.15) is 0 Å². The number of benzene rings is 6. The van der Waals surface area contributed by atoms with E-state index in [0.717, 1.165) is 5.70 Å². The summed E-state index contributed by atoms with van der Waals surface area (Å²) < 4.78 is 5.14. The van der Waals surface area contributed by atoms with Crippen LogP contribution in [0.2, 0.25) is 0 Å². The van der Waals surface area contributed by atoms with Crippen molar-refractivity contribution in [3.05, 3.63) is 169 Å². The molecular weight excluding hydrogens is 553 g/mol. The highest BCUT2D eigenvalue weighted by Crippen LogP contribution is 2.41. The third-order valence-corrected chi connectivity index (χ3v) is 9.97. The number of dihydropyridines is 1. The fraction of sp³-hybridized carbons (Fsp3) is 0.0244. The summed E-state index contributed by atoms with van der Waals surface area (Å²) in [6.45, 7) is 0. The highest BCUT2D eigenvalue weighted by atomic mass is 32.1. The van der Waals surface area contributed by atoms with E-state index in [4.69, 9.17) is 0 Å². The van der Waals surface area contributed by atoms with Crippen LogP contribution in [0.15, 0.2) is 158 Å². The van der Waals surface area contributed by atoms with E-state index >= 15 is 0 Å². The molecule has 1 aliphatic rings. The number of aromatic nitrogens is 1. The SMILES string of the molecule is C1=C(c2ccccc2)C=C(c2ccc(-c3ccccc3)cc2)NC1n1c2ccccc2c2cc3c(cc21)sc1ccccc13. The van der Waals surface area contributed by atoms with Crippen LogP contribution in [0.5, 0.6) is 0 Å². The van der Waals surface area contributed by atoms with Gasteiger partial charge in [0.25, 0.3) is 0 Å². The molecule has 1 atom stereocenters. The van der Waals surface area contributed by atoms with Crippen molar-refractivity contribution in [3.63, 3.8) is 0 Å². The molecule has 1 unspecified atom stereocenters. The van der Waals surface area contributed by atoms with Crippen LogP contribution in [-0.2, 0) is 0 Å². The van der Waals surface area contributed by atoms with E-state index in [-0.39, 0.29) is 6.17 Å². The summed E-state index contributed by atoms with van der Waals surface area (Å²) in [5.41, 5.74) is 9.63. The van der Waals surface area contributed by atoms with Gasteiger partial charge in [0, 0.05) is 36.6 Å². The Bertz CT molecular complexity index is 2390. The molecule has 1 aliphatic heterocycles. The number of allylic oxidation sites excluding steroid dienone is 2. The van der Waals surface area contributed by atoms with Gasteiger partial charge in [-0.25, -0.2) is 0 Å². The van der Waals surface area contributed by atoms with E-state index < -0.39 is 0 Å². The van der Waals surface area contributed by atoms with E-state index in [1.807, 2.05) is 11.3 Å². The van der Waals surface area contributed by atoms with Crippen molar-refractivity contribution in [3.8, 4) is 11.1 Å². The van der Waals surface area contributed by atoms with Crippen LogP contribution < -0.4 is 5.32 Å². The van der Waals surface area contributed by atoms with Crippen molar-refractivity contribution >= 4 is 64.6 Å². The largest absolute Gasteiger partial charge is 0.361 e. The van der Waals surface area contributed by atoms with Crippen molar-refractivity contribution in [2.75, 3.05) is 0 Å². The maximum absolute atomic E-state index is 3.94. The van der Waals surface area contributed by atoms with Gasteiger partial charge in [-0.05, 0) is 64.2 Å². The quantitative estimate of drug-likeness (QED) is 0.219. The summed E-state index contributed by atoms with van der Waals surface area (Å²) in [5.74, 6) is 0. The zero-order chi connectivity index (χ0) is 29.0. The molecule has 2 nitrogen and oxygen atoms in total. The lowest BCUT2D eigenvalue weighted by Crippen LogP contribution is -2.26. The number of thiophene rings is 1. The van der Waals surface area contributed by atoms with Crippen molar-refractivity contribution in [2.24, 2.45) is 0 Å². The molecule has 3 heterocycles. The highest BCUT2D eigenvalue weighted by Gasteiger charge is 2.23. The first-order chi connectivity index (χ1) is 21.8. The predicted molar refractivity (Wildman–Crippen MR) is 189 cm³/mol. The zero-order valence-electron chi connectivity index (χ0n) is 23.9. The van der Waals surface area contributed by atoms with E-state index in [0.29, 0.717) is 0 Å². The Morgan fingerprint density at radius 1 is 0.477 bits per heavy atom. The van der Waals surface area contributed by atoms with Crippen molar-refractivity contribution in [2.45, 2.75) is 6.17 Å². The maximum atomic E-state index is 3.94. The summed E-state index contributed by atoms with van der Waals surface area (Å²) in [7, 11) is 0. The number of hydrogen-bond donors (Lipinski definition) is 1. The second kappa shape index (κ2) is 10.1. The zero-order valence-corrected chi connectivity index (χ0v) is 24.8. The molecule has 9 rings (SSSR count). The first kappa shape index (κ1) is 25.1. The Balaban J connectivity index is 1.23. The molecule has 6 aromatic carbocycles. The van der Waals surface area contributed by atoms with Gasteiger partial charge in [0.1, 0.15) is 6.17 Å². The summed E-state index contributed by atoms with van der Waals surface area (Å²) in [6, 6.07) is 52.6. The Morgan fingerprint density at radius 2 is 1.11 bits per heavy atom. The number of fused-ring (bicyclic) bond motifs is 6. The van der Waals surface area contributed by atoms with Crippen molar-refractivity contribution < 1.29 is 0 Å². The highest BCUT2D eigenvalue weighted by molar-refractivity contribution is 7.25. The molecule has 208 valence electrons. The van der Waals surface area contributed by atoms with Gasteiger partial charge in [0.2, 0.25) is 0 Å². The van der Waals surface area contributed by atoms with Crippen LogP contribution in [-0.4, -0.2) is 4.57 Å². The molecule has 3 heteroatoms. The van der Waals surface area contributed by atoms with Crippen molar-refractivity contribution in [1.82, 2.24) is 9.88 Å². The first-order valence-electron chi connectivity index (χ1n) is 15.1. The van der Waals surface area contributed by atoms with Crippen LogP contribution in [0.3, 0.4) is 0 Å². The first-order valence-corrected chi connectivity index (χ1v) is 15.9. The van der Waals surface area contributed by atoms with Crippen molar-refractivity contribution in [1.29, 1.82) is 0 Å². The summed E-state index contributed by atoms with van der Waals surface area (Å²) >= 11 is 1.88. The van der Waals surface area contributed by atoms with Gasteiger partial charge in [0.05, 0.1) is 11.0 Å². The minimum Gasteiger partial charge on any atom is -0.361 e. The molecule has 0 spiro atoms. The average molecular weight is 581 g/mol. The van der Waals surface area contributed by atoms with Gasteiger partial charge < -0.3 is 9.88 Å². The molecule has 44 heavy (non-hydrogen) atoms. The van der Waals surface area contributed by atoms with Gasteiger partial charge in [-0.3, -0.25) is 0 Å². The number of nitrogens with one attached hydrogen (secondary N) is 1. The van der Waals surface area contributed by atoms with E-state index in [1.54, 1.807) is 0 Å². The molecule has 0 fully saturated rings. The smallest absolute Gasteiger partial charge is 0.124 e. The second-order valence-electron chi connectivity index (χ2n) is 11.4. The minimum absolute atomic E-state index is 0.0757. The number of nitrogens with zero attached hydrogens (tertiary/aromatic N) is 1. The minimum atomic E-state index is -0.0757. The Hall–Kier alpha value is -5.38. The lowest BCUT2D eigenvalue weighted by Gasteiger charge is -2.28. The molecule has 8 aromatic rings. The predicted octanol–water partition coefficient (Wildman–Crippen LogP) is 11.1. The fourth-order valence-electron chi connectivity index (χ4n) is 6.72. The van der Waals surface area contributed by atoms with Gasteiger partial charge in [0.15, 0.2) is 0 Å². The molecule has 0 bridgehead atoms. The molecule has 0 aliphatic carbocycles. The maximum Gasteiger partial charge on any atom is 0.124 e. The molecule has 0 radical (unpaired) electrons. The second-order valence-corrected chi connectivity index (χ2v) is 12.5. The lowest BCUT2D eigenvalue weighted by atomic mass is 9.97. The van der Waals surface area contributed by atoms with Crippen LogP contribution >= 0.6 is 11.3 Å². The lowest BCUT2D eigenvalue weighted by molar-refractivity contribution is 0.591. The number of hydrogen-bond acceptors (Lipinski definition) is 2. The van der Waals surface area contributed by atoms with E-state index in [1.165, 1.54) is 69.8 Å². The summed E-state index contributed by atoms with van der Waals surface area (Å²) in [5, 5.41) is 9.17.